The average molecular weight is 290 g/mol. The molecule has 0 bridgehead atoms. The lowest BCUT2D eigenvalue weighted by atomic mass is 9.93. The first-order valence-electron chi connectivity index (χ1n) is 5.85. The van der Waals surface area contributed by atoms with Gasteiger partial charge >= 0.3 is 0 Å². The van der Waals surface area contributed by atoms with Crippen LogP contribution in [0.25, 0.3) is 0 Å². The molecular formula is C12H22N2O2S2. The molecule has 0 aromatic carbocycles. The molecule has 1 rings (SSSR count). The van der Waals surface area contributed by atoms with Crippen LogP contribution in [0.5, 0.6) is 0 Å². The van der Waals surface area contributed by atoms with Crippen LogP contribution in [0.1, 0.15) is 52.2 Å². The number of nitrogens with one attached hydrogen (secondary N) is 1. The molecule has 0 spiro atoms. The Labute approximate surface area is 114 Å². The highest BCUT2D eigenvalue weighted by Gasteiger charge is 2.32. The fourth-order valence-corrected chi connectivity index (χ4v) is 4.80. The summed E-state index contributed by atoms with van der Waals surface area (Å²) >= 11 is 1.23. The molecule has 1 N–H and O–H groups in total. The molecular weight excluding hydrogens is 268 g/mol. The maximum atomic E-state index is 12.4. The summed E-state index contributed by atoms with van der Waals surface area (Å²) in [6.07, 6.45) is 0. The number of rotatable bonds is 2. The van der Waals surface area contributed by atoms with Crippen molar-refractivity contribution >= 4 is 21.4 Å². The van der Waals surface area contributed by atoms with E-state index in [1.807, 2.05) is 48.5 Å². The first kappa shape index (κ1) is 15.6. The van der Waals surface area contributed by atoms with E-state index in [1.165, 1.54) is 11.3 Å². The Kier molecular flexibility index (Phi) is 3.97. The number of sulfonamides is 1. The second-order valence-corrected chi connectivity index (χ2v) is 9.56. The summed E-state index contributed by atoms with van der Waals surface area (Å²) in [5.41, 5.74) is -0.139. The second-order valence-electron chi connectivity index (χ2n) is 6.47. The zero-order valence-electron chi connectivity index (χ0n) is 12.1. The normalized spacial score (nSPS) is 13.9. The van der Waals surface area contributed by atoms with E-state index in [0.29, 0.717) is 9.90 Å². The number of thiazole rings is 1. The SMILES string of the molecule is Cc1nc(C(C)(C)C)c(S(=O)(=O)NC(C)(C)C)s1. The summed E-state index contributed by atoms with van der Waals surface area (Å²) in [5, 5.41) is 0.772. The molecule has 0 aliphatic carbocycles. The molecule has 104 valence electrons. The van der Waals surface area contributed by atoms with Crippen molar-refractivity contribution in [2.75, 3.05) is 0 Å². The fraction of sp³-hybridized carbons (Fsp3) is 0.750. The lowest BCUT2D eigenvalue weighted by Gasteiger charge is -2.22. The van der Waals surface area contributed by atoms with Crippen molar-refractivity contribution < 1.29 is 8.42 Å². The van der Waals surface area contributed by atoms with Gasteiger partial charge in [0.25, 0.3) is 10.0 Å². The van der Waals surface area contributed by atoms with Gasteiger partial charge in [0.15, 0.2) is 4.21 Å². The average Bonchev–Trinajstić information content (AvgIpc) is 2.42. The summed E-state index contributed by atoms with van der Waals surface area (Å²) in [6.45, 7) is 13.2. The molecule has 18 heavy (non-hydrogen) atoms. The molecule has 1 aromatic heterocycles. The molecule has 0 aliphatic heterocycles. The van der Waals surface area contributed by atoms with E-state index in [1.54, 1.807) is 0 Å². The molecule has 0 saturated carbocycles. The van der Waals surface area contributed by atoms with Gasteiger partial charge in [0, 0.05) is 11.0 Å². The molecule has 1 heterocycles. The predicted octanol–water partition coefficient (Wildman–Crippen LogP) is 2.83. The third-order valence-electron chi connectivity index (χ3n) is 2.10. The Morgan fingerprint density at radius 1 is 1.11 bits per heavy atom. The zero-order valence-corrected chi connectivity index (χ0v) is 13.7. The van der Waals surface area contributed by atoms with Crippen molar-refractivity contribution in [2.24, 2.45) is 0 Å². The Bertz CT molecular complexity index is 531. The summed E-state index contributed by atoms with van der Waals surface area (Å²) < 4.78 is 27.8. The summed E-state index contributed by atoms with van der Waals surface area (Å²) in [4.78, 5) is 4.38. The van der Waals surface area contributed by atoms with Gasteiger partial charge in [-0.25, -0.2) is 18.1 Å². The van der Waals surface area contributed by atoms with Gasteiger partial charge in [-0.05, 0) is 27.7 Å². The second kappa shape index (κ2) is 4.58. The molecule has 1 aromatic rings. The molecule has 0 amide bonds. The van der Waals surface area contributed by atoms with Crippen LogP contribution in [0.2, 0.25) is 0 Å². The third kappa shape index (κ3) is 3.76. The van der Waals surface area contributed by atoms with Gasteiger partial charge < -0.3 is 0 Å². The number of aromatic nitrogens is 1. The lowest BCUT2D eigenvalue weighted by Crippen LogP contribution is -2.40. The van der Waals surface area contributed by atoms with Gasteiger partial charge in [-0.3, -0.25) is 0 Å². The minimum Gasteiger partial charge on any atom is -0.245 e. The van der Waals surface area contributed by atoms with Gasteiger partial charge in [0.1, 0.15) is 0 Å². The molecule has 0 fully saturated rings. The van der Waals surface area contributed by atoms with E-state index in [2.05, 4.69) is 9.71 Å². The van der Waals surface area contributed by atoms with E-state index in [0.717, 1.165) is 5.01 Å². The number of hydrogen-bond acceptors (Lipinski definition) is 4. The monoisotopic (exact) mass is 290 g/mol. The summed E-state index contributed by atoms with van der Waals surface area (Å²) in [7, 11) is -3.50. The van der Waals surface area contributed by atoms with Crippen LogP contribution in [-0.2, 0) is 15.4 Å². The quantitative estimate of drug-likeness (QED) is 0.911. The Hall–Kier alpha value is -0.460. The van der Waals surface area contributed by atoms with Crippen LogP contribution in [0.15, 0.2) is 4.21 Å². The van der Waals surface area contributed by atoms with Crippen LogP contribution in [-0.4, -0.2) is 18.9 Å². The van der Waals surface area contributed by atoms with Crippen LogP contribution in [0.3, 0.4) is 0 Å². The number of hydrogen-bond donors (Lipinski definition) is 1. The largest absolute Gasteiger partial charge is 0.252 e. The van der Waals surface area contributed by atoms with Crippen LogP contribution in [0.4, 0.5) is 0 Å². The maximum absolute atomic E-state index is 12.4. The standard InChI is InChI=1S/C12H22N2O2S2/c1-8-13-9(11(2,3)4)10(17-8)18(15,16)14-12(5,6)7/h14H,1-7H3. The summed E-state index contributed by atoms with van der Waals surface area (Å²) in [5.74, 6) is 0. The van der Waals surface area contributed by atoms with Gasteiger partial charge in [-0.2, -0.15) is 0 Å². The van der Waals surface area contributed by atoms with Crippen molar-refractivity contribution in [2.45, 2.75) is 63.6 Å². The third-order valence-corrected chi connectivity index (χ3v) is 5.33. The van der Waals surface area contributed by atoms with Gasteiger partial charge in [0.05, 0.1) is 10.7 Å². The maximum Gasteiger partial charge on any atom is 0.252 e. The smallest absolute Gasteiger partial charge is 0.245 e. The molecule has 0 atom stereocenters. The zero-order chi connectivity index (χ0) is 14.4. The van der Waals surface area contributed by atoms with Crippen LogP contribution < -0.4 is 4.72 Å². The summed E-state index contributed by atoms with van der Waals surface area (Å²) in [6, 6.07) is 0. The van der Waals surface area contributed by atoms with Crippen LogP contribution >= 0.6 is 11.3 Å². The van der Waals surface area contributed by atoms with Crippen molar-refractivity contribution in [3.8, 4) is 0 Å². The van der Waals surface area contributed by atoms with Crippen molar-refractivity contribution in [3.05, 3.63) is 10.7 Å². The van der Waals surface area contributed by atoms with Crippen molar-refractivity contribution in [3.63, 3.8) is 0 Å². The molecule has 4 nitrogen and oxygen atoms in total. The van der Waals surface area contributed by atoms with E-state index >= 15 is 0 Å². The molecule has 0 unspecified atom stereocenters. The van der Waals surface area contributed by atoms with E-state index in [4.69, 9.17) is 0 Å². The molecule has 0 saturated heterocycles. The minimum absolute atomic E-state index is 0.285. The number of nitrogens with zero attached hydrogens (tertiary/aromatic N) is 1. The molecule has 6 heteroatoms. The predicted molar refractivity (Wildman–Crippen MR) is 75.6 cm³/mol. The van der Waals surface area contributed by atoms with Crippen LogP contribution in [0, 0.1) is 6.92 Å². The Morgan fingerprint density at radius 2 is 1.61 bits per heavy atom. The van der Waals surface area contributed by atoms with Gasteiger partial charge in [-0.1, -0.05) is 20.8 Å². The lowest BCUT2D eigenvalue weighted by molar-refractivity contribution is 0.488. The topological polar surface area (TPSA) is 59.1 Å². The number of aryl methyl sites for hydroxylation is 1. The Morgan fingerprint density at radius 3 is 2.00 bits per heavy atom. The molecule has 0 radical (unpaired) electrons. The van der Waals surface area contributed by atoms with Crippen molar-refractivity contribution in [1.82, 2.24) is 9.71 Å². The molecule has 0 aliphatic rings. The van der Waals surface area contributed by atoms with E-state index in [9.17, 15) is 8.42 Å². The van der Waals surface area contributed by atoms with Crippen molar-refractivity contribution in [1.29, 1.82) is 0 Å². The first-order valence-corrected chi connectivity index (χ1v) is 8.15. The minimum atomic E-state index is -3.50. The fourth-order valence-electron chi connectivity index (χ4n) is 1.51. The highest BCUT2D eigenvalue weighted by molar-refractivity contribution is 7.91. The highest BCUT2D eigenvalue weighted by Crippen LogP contribution is 2.33. The highest BCUT2D eigenvalue weighted by atomic mass is 32.2. The van der Waals surface area contributed by atoms with E-state index < -0.39 is 15.6 Å². The van der Waals surface area contributed by atoms with Gasteiger partial charge in [-0.15, -0.1) is 11.3 Å². The first-order chi connectivity index (χ1) is 7.83. The van der Waals surface area contributed by atoms with E-state index in [-0.39, 0.29) is 5.41 Å². The van der Waals surface area contributed by atoms with Gasteiger partial charge in [0.2, 0.25) is 0 Å². The Balaban J connectivity index is 3.34.